The van der Waals surface area contributed by atoms with Crippen molar-refractivity contribution in [3.8, 4) is 0 Å². The maximum Gasteiger partial charge on any atom is 0.252 e. The van der Waals surface area contributed by atoms with Gasteiger partial charge in [0.25, 0.3) is 5.56 Å². The average molecular weight is 248 g/mol. The van der Waals surface area contributed by atoms with E-state index in [1.54, 1.807) is 6.92 Å². The molecule has 0 unspecified atom stereocenters. The number of nitrogens with one attached hydrogen (secondary N) is 2. The van der Waals surface area contributed by atoms with Gasteiger partial charge in [-0.05, 0) is 31.6 Å². The first-order valence-electron chi connectivity index (χ1n) is 6.47. The molecule has 0 spiro atoms. The summed E-state index contributed by atoms with van der Waals surface area (Å²) in [7, 11) is 0. The highest BCUT2D eigenvalue weighted by Gasteiger charge is 2.22. The van der Waals surface area contributed by atoms with Gasteiger partial charge in [-0.1, -0.05) is 20.3 Å². The molecule has 2 rings (SSSR count). The number of hydrogen-bond acceptors (Lipinski definition) is 4. The highest BCUT2D eigenvalue weighted by molar-refractivity contribution is 5.89. The molecule has 1 aromatic heterocycles. The van der Waals surface area contributed by atoms with E-state index < -0.39 is 0 Å². The Kier molecular flexibility index (Phi) is 3.79. The second-order valence-corrected chi connectivity index (χ2v) is 5.12. The molecule has 2 atom stereocenters. The van der Waals surface area contributed by atoms with E-state index >= 15 is 0 Å². The maximum atomic E-state index is 11.3. The smallest absolute Gasteiger partial charge is 0.252 e. The molecule has 1 aromatic rings. The molecule has 1 aliphatic rings. The van der Waals surface area contributed by atoms with Crippen LogP contribution in [0.1, 0.15) is 38.8 Å². The Hall–Kier alpha value is -1.65. The molecule has 0 saturated heterocycles. The minimum absolute atomic E-state index is 0.157. The van der Waals surface area contributed by atoms with E-state index in [0.29, 0.717) is 23.5 Å². The van der Waals surface area contributed by atoms with E-state index in [2.05, 4.69) is 34.3 Å². The van der Waals surface area contributed by atoms with Crippen LogP contribution in [-0.2, 0) is 0 Å². The summed E-state index contributed by atoms with van der Waals surface area (Å²) in [6.45, 7) is 6.19. The van der Waals surface area contributed by atoms with Crippen molar-refractivity contribution in [2.75, 3.05) is 5.43 Å². The Morgan fingerprint density at radius 2 is 2.06 bits per heavy atom. The van der Waals surface area contributed by atoms with Gasteiger partial charge in [0.15, 0.2) is 0 Å². The summed E-state index contributed by atoms with van der Waals surface area (Å²) in [4.78, 5) is 18.1. The lowest BCUT2D eigenvalue weighted by atomic mass is 9.81. The Bertz CT molecular complexity index is 494. The molecule has 0 bridgehead atoms. The van der Waals surface area contributed by atoms with Gasteiger partial charge in [-0.3, -0.25) is 9.78 Å². The van der Waals surface area contributed by atoms with Crippen LogP contribution in [0.4, 0.5) is 5.95 Å². The van der Waals surface area contributed by atoms with Crippen LogP contribution in [0.25, 0.3) is 0 Å². The summed E-state index contributed by atoms with van der Waals surface area (Å²) >= 11 is 0. The van der Waals surface area contributed by atoms with Gasteiger partial charge in [-0.2, -0.15) is 5.10 Å². The standard InChI is InChI=1S/C13H20N4O/c1-8-5-4-6-9(2)12(8)16-17-13-14-10(3)7-11(18)15-13/h7-9H,4-6H2,1-3H3,(H2,14,15,17,18)/t8-,9-/m0/s1. The van der Waals surface area contributed by atoms with E-state index in [4.69, 9.17) is 0 Å². The number of anilines is 1. The topological polar surface area (TPSA) is 70.1 Å². The maximum absolute atomic E-state index is 11.3. The van der Waals surface area contributed by atoms with Crippen LogP contribution < -0.4 is 11.0 Å². The van der Waals surface area contributed by atoms with Gasteiger partial charge in [0.1, 0.15) is 0 Å². The third kappa shape index (κ3) is 2.97. The van der Waals surface area contributed by atoms with Gasteiger partial charge in [-0.15, -0.1) is 0 Å². The number of hydrazone groups is 1. The highest BCUT2D eigenvalue weighted by Crippen LogP contribution is 2.26. The van der Waals surface area contributed by atoms with Gasteiger partial charge >= 0.3 is 0 Å². The zero-order chi connectivity index (χ0) is 13.1. The molecular weight excluding hydrogens is 228 g/mol. The summed E-state index contributed by atoms with van der Waals surface area (Å²) in [5.41, 5.74) is 4.58. The van der Waals surface area contributed by atoms with Crippen LogP contribution in [-0.4, -0.2) is 15.7 Å². The van der Waals surface area contributed by atoms with Gasteiger partial charge < -0.3 is 0 Å². The fourth-order valence-corrected chi connectivity index (χ4v) is 2.48. The molecule has 1 aliphatic carbocycles. The lowest BCUT2D eigenvalue weighted by molar-refractivity contribution is 0.486. The van der Waals surface area contributed by atoms with Crippen molar-refractivity contribution in [2.45, 2.75) is 40.0 Å². The number of aryl methyl sites for hydroxylation is 1. The van der Waals surface area contributed by atoms with Crippen molar-refractivity contribution >= 4 is 11.7 Å². The zero-order valence-corrected chi connectivity index (χ0v) is 11.2. The minimum Gasteiger partial charge on any atom is -0.291 e. The van der Waals surface area contributed by atoms with Crippen molar-refractivity contribution in [1.82, 2.24) is 9.97 Å². The summed E-state index contributed by atoms with van der Waals surface area (Å²) < 4.78 is 0. The zero-order valence-electron chi connectivity index (χ0n) is 11.2. The minimum atomic E-state index is -0.157. The molecule has 0 aliphatic heterocycles. The van der Waals surface area contributed by atoms with Crippen LogP contribution >= 0.6 is 0 Å². The average Bonchev–Trinajstić information content (AvgIpc) is 2.27. The summed E-state index contributed by atoms with van der Waals surface area (Å²) in [6.07, 6.45) is 3.63. The van der Waals surface area contributed by atoms with Crippen molar-refractivity contribution in [3.63, 3.8) is 0 Å². The second-order valence-electron chi connectivity index (χ2n) is 5.12. The normalized spacial score (nSPS) is 23.8. The fraction of sp³-hybridized carbons (Fsp3) is 0.615. The number of aromatic amines is 1. The van der Waals surface area contributed by atoms with E-state index in [0.717, 1.165) is 0 Å². The van der Waals surface area contributed by atoms with Gasteiger partial charge in [0.05, 0.1) is 0 Å². The van der Waals surface area contributed by atoms with Crippen LogP contribution in [0.5, 0.6) is 0 Å². The summed E-state index contributed by atoms with van der Waals surface area (Å²) in [5, 5.41) is 4.43. The van der Waals surface area contributed by atoms with E-state index in [1.165, 1.54) is 31.0 Å². The fourth-order valence-electron chi connectivity index (χ4n) is 2.48. The number of nitrogens with zero attached hydrogens (tertiary/aromatic N) is 2. The monoisotopic (exact) mass is 248 g/mol. The molecule has 0 amide bonds. The van der Waals surface area contributed by atoms with Crippen LogP contribution in [0.3, 0.4) is 0 Å². The molecule has 0 aromatic carbocycles. The van der Waals surface area contributed by atoms with Gasteiger partial charge in [0.2, 0.25) is 5.95 Å². The first-order chi connectivity index (χ1) is 8.56. The Labute approximate surface area is 107 Å². The number of hydrogen-bond donors (Lipinski definition) is 2. The van der Waals surface area contributed by atoms with E-state index in [1.807, 2.05) is 0 Å². The predicted octanol–water partition coefficient (Wildman–Crippen LogP) is 2.30. The predicted molar refractivity (Wildman–Crippen MR) is 72.8 cm³/mol. The molecule has 2 N–H and O–H groups in total. The van der Waals surface area contributed by atoms with Gasteiger partial charge in [0, 0.05) is 17.5 Å². The first kappa shape index (κ1) is 12.8. The SMILES string of the molecule is Cc1cc(=O)[nH]c(NN=C2[C@@H](C)CCC[C@@H]2C)n1. The van der Waals surface area contributed by atoms with Crippen molar-refractivity contribution < 1.29 is 0 Å². The molecule has 5 nitrogen and oxygen atoms in total. The van der Waals surface area contributed by atoms with Crippen LogP contribution in [0, 0.1) is 18.8 Å². The summed E-state index contributed by atoms with van der Waals surface area (Å²) in [5.74, 6) is 1.41. The molecule has 18 heavy (non-hydrogen) atoms. The first-order valence-corrected chi connectivity index (χ1v) is 6.47. The number of aromatic nitrogens is 2. The lowest BCUT2D eigenvalue weighted by Gasteiger charge is -2.26. The van der Waals surface area contributed by atoms with E-state index in [9.17, 15) is 4.79 Å². The van der Waals surface area contributed by atoms with E-state index in [-0.39, 0.29) is 5.56 Å². The molecule has 1 fully saturated rings. The molecule has 1 saturated carbocycles. The highest BCUT2D eigenvalue weighted by atomic mass is 16.1. The van der Waals surface area contributed by atoms with Crippen molar-refractivity contribution in [3.05, 3.63) is 22.1 Å². The Morgan fingerprint density at radius 1 is 1.39 bits per heavy atom. The van der Waals surface area contributed by atoms with Crippen molar-refractivity contribution in [2.24, 2.45) is 16.9 Å². The third-order valence-electron chi connectivity index (χ3n) is 3.44. The van der Waals surface area contributed by atoms with Crippen LogP contribution in [0.2, 0.25) is 0 Å². The quantitative estimate of drug-likeness (QED) is 0.789. The molecule has 98 valence electrons. The number of rotatable bonds is 2. The van der Waals surface area contributed by atoms with Crippen molar-refractivity contribution in [1.29, 1.82) is 0 Å². The van der Waals surface area contributed by atoms with Crippen LogP contribution in [0.15, 0.2) is 16.0 Å². The Balaban J connectivity index is 2.16. The molecular formula is C13H20N4O. The summed E-state index contributed by atoms with van der Waals surface area (Å²) in [6, 6.07) is 1.46. The molecule has 0 radical (unpaired) electrons. The third-order valence-corrected chi connectivity index (χ3v) is 3.44. The molecule has 1 heterocycles. The molecule has 5 heteroatoms. The second kappa shape index (κ2) is 5.33. The number of H-pyrrole nitrogens is 1. The lowest BCUT2D eigenvalue weighted by Crippen LogP contribution is -2.26. The Morgan fingerprint density at radius 3 is 2.67 bits per heavy atom. The van der Waals surface area contributed by atoms with Gasteiger partial charge in [-0.25, -0.2) is 10.4 Å². The largest absolute Gasteiger partial charge is 0.291 e.